The molecule has 0 aliphatic carbocycles. The Morgan fingerprint density at radius 2 is 1.71 bits per heavy atom. The summed E-state index contributed by atoms with van der Waals surface area (Å²) in [4.78, 5) is 30.2. The molecule has 1 saturated heterocycles. The number of ether oxygens (including phenoxy) is 4. The third-order valence-corrected chi connectivity index (χ3v) is 9.37. The van der Waals surface area contributed by atoms with E-state index in [1.54, 1.807) is 33.3 Å². The van der Waals surface area contributed by atoms with Crippen LogP contribution in [-0.2, 0) is 15.0 Å². The fraction of sp³-hybridized carbons (Fsp3) is 0.600. The smallest absolute Gasteiger partial charge is 0.294 e. The summed E-state index contributed by atoms with van der Waals surface area (Å²) in [7, 11) is 6.84. The number of hydrazine groups is 1. The molecule has 3 rings (SSSR count). The Morgan fingerprint density at radius 3 is 2.31 bits per heavy atom. The number of nitrogens with zero attached hydrogens (tertiary/aromatic N) is 4. The van der Waals surface area contributed by atoms with E-state index in [1.807, 2.05) is 36.4 Å². The van der Waals surface area contributed by atoms with Gasteiger partial charge in [-0.25, -0.2) is 5.01 Å². The van der Waals surface area contributed by atoms with Crippen LogP contribution in [0, 0.1) is 27.4 Å². The molecule has 0 saturated carbocycles. The number of nitriles is 1. The molecule has 1 aliphatic heterocycles. The highest BCUT2D eigenvalue weighted by atomic mass is 17.0. The number of piperidine rings is 1. The van der Waals surface area contributed by atoms with Crippen molar-refractivity contribution in [2.75, 3.05) is 54.6 Å². The molecule has 0 bridgehead atoms. The molecule has 1 fully saturated rings. The molecule has 0 spiro atoms. The summed E-state index contributed by atoms with van der Waals surface area (Å²) in [6.07, 6.45) is 4.01. The van der Waals surface area contributed by atoms with E-state index in [1.165, 1.54) is 0 Å². The van der Waals surface area contributed by atoms with Crippen LogP contribution in [0.2, 0.25) is 0 Å². The second kappa shape index (κ2) is 18.3. The summed E-state index contributed by atoms with van der Waals surface area (Å²) in [5.74, 6) is 2.00. The molecule has 1 aliphatic rings. The normalized spacial score (nSPS) is 16.2. The average molecular weight is 670 g/mol. The van der Waals surface area contributed by atoms with Crippen LogP contribution in [0.4, 0.5) is 0 Å². The summed E-state index contributed by atoms with van der Waals surface area (Å²) >= 11 is 0. The Balaban J connectivity index is 1.54. The van der Waals surface area contributed by atoms with Gasteiger partial charge in [0.25, 0.3) is 11.0 Å². The zero-order chi connectivity index (χ0) is 35.3. The van der Waals surface area contributed by atoms with Crippen molar-refractivity contribution >= 4 is 5.91 Å². The second-order valence-corrected chi connectivity index (χ2v) is 12.4. The Morgan fingerprint density at radius 1 is 1.06 bits per heavy atom. The van der Waals surface area contributed by atoms with Crippen molar-refractivity contribution in [3.05, 3.63) is 57.6 Å². The van der Waals surface area contributed by atoms with Gasteiger partial charge in [0.05, 0.1) is 32.8 Å². The van der Waals surface area contributed by atoms with Crippen LogP contribution in [0.15, 0.2) is 36.4 Å². The summed E-state index contributed by atoms with van der Waals surface area (Å²) in [6, 6.07) is 14.1. The Hall–Kier alpha value is -4.28. The van der Waals surface area contributed by atoms with Gasteiger partial charge in [-0.05, 0) is 101 Å². The number of hydrogen-bond donors (Lipinski definition) is 1. The summed E-state index contributed by atoms with van der Waals surface area (Å²) < 4.78 is 22.4. The van der Waals surface area contributed by atoms with E-state index in [0.29, 0.717) is 55.4 Å². The van der Waals surface area contributed by atoms with Crippen molar-refractivity contribution in [2.24, 2.45) is 5.92 Å². The minimum atomic E-state index is -0.755. The number of methoxy groups -OCH3 is 3. The lowest BCUT2D eigenvalue weighted by molar-refractivity contribution is -0.769. The SMILES string of the molecule is CCCC(C#N)(CCCN(C)C(C)c1ccc(OCC(=O)NN2CCC(C(C)O[N+](=O)[O-])CC2)c(OC)c1)c1ccc(OC)c(OC)c1. The molecule has 2 aromatic carbocycles. The second-order valence-electron chi connectivity index (χ2n) is 12.4. The number of nitrogens with one attached hydrogen (secondary N) is 1. The van der Waals surface area contributed by atoms with Gasteiger partial charge >= 0.3 is 0 Å². The average Bonchev–Trinajstić information content (AvgIpc) is 3.09. The van der Waals surface area contributed by atoms with Gasteiger partial charge in [-0.2, -0.15) is 5.26 Å². The van der Waals surface area contributed by atoms with E-state index in [-0.39, 0.29) is 24.5 Å². The Kier molecular flexibility index (Phi) is 14.6. The van der Waals surface area contributed by atoms with E-state index in [0.717, 1.165) is 36.9 Å². The van der Waals surface area contributed by atoms with E-state index >= 15 is 0 Å². The van der Waals surface area contributed by atoms with Gasteiger partial charge in [-0.3, -0.25) is 15.1 Å². The molecule has 0 radical (unpaired) electrons. The van der Waals surface area contributed by atoms with Crippen LogP contribution in [0.3, 0.4) is 0 Å². The maximum Gasteiger partial charge on any atom is 0.294 e. The predicted octanol–water partition coefficient (Wildman–Crippen LogP) is 5.47. The molecule has 1 amide bonds. The van der Waals surface area contributed by atoms with E-state index in [4.69, 9.17) is 18.9 Å². The molecule has 1 N–H and O–H groups in total. The van der Waals surface area contributed by atoms with Crippen molar-refractivity contribution in [1.82, 2.24) is 15.3 Å². The number of carbonyl (C=O) groups is 1. The molecule has 13 nitrogen and oxygen atoms in total. The van der Waals surface area contributed by atoms with Gasteiger partial charge in [0.2, 0.25) is 0 Å². The van der Waals surface area contributed by atoms with E-state index in [9.17, 15) is 20.2 Å². The van der Waals surface area contributed by atoms with Crippen LogP contribution >= 0.6 is 0 Å². The predicted molar refractivity (Wildman–Crippen MR) is 180 cm³/mol. The van der Waals surface area contributed by atoms with Crippen LogP contribution in [-0.4, -0.2) is 81.6 Å². The first-order valence-corrected chi connectivity index (χ1v) is 16.5. The molecule has 0 aromatic heterocycles. The molecule has 1 heterocycles. The molecule has 3 atom stereocenters. The topological polar surface area (TPSA) is 149 Å². The number of hydrogen-bond acceptors (Lipinski definition) is 11. The van der Waals surface area contributed by atoms with Gasteiger partial charge in [0.15, 0.2) is 29.6 Å². The quantitative estimate of drug-likeness (QED) is 0.150. The van der Waals surface area contributed by atoms with Gasteiger partial charge in [-0.15, -0.1) is 10.1 Å². The lowest BCUT2D eigenvalue weighted by Gasteiger charge is -2.33. The zero-order valence-electron chi connectivity index (χ0n) is 29.3. The molecule has 264 valence electrons. The highest BCUT2D eigenvalue weighted by Crippen LogP contribution is 2.39. The van der Waals surface area contributed by atoms with Gasteiger partial charge < -0.3 is 23.8 Å². The fourth-order valence-corrected chi connectivity index (χ4v) is 6.35. The molecule has 48 heavy (non-hydrogen) atoms. The Bertz CT molecular complexity index is 1390. The van der Waals surface area contributed by atoms with Crippen LogP contribution in [0.1, 0.15) is 76.5 Å². The lowest BCUT2D eigenvalue weighted by atomic mass is 9.74. The first-order chi connectivity index (χ1) is 23.0. The molecule has 13 heteroatoms. The molecule has 2 aromatic rings. The van der Waals surface area contributed by atoms with Crippen LogP contribution in [0.5, 0.6) is 23.0 Å². The van der Waals surface area contributed by atoms with E-state index < -0.39 is 16.6 Å². The highest BCUT2D eigenvalue weighted by molar-refractivity contribution is 5.77. The zero-order valence-corrected chi connectivity index (χ0v) is 29.3. The van der Waals surface area contributed by atoms with Crippen LogP contribution < -0.4 is 24.4 Å². The Labute approximate surface area is 284 Å². The van der Waals surface area contributed by atoms with Crippen molar-refractivity contribution < 1.29 is 33.7 Å². The van der Waals surface area contributed by atoms with Crippen molar-refractivity contribution in [2.45, 2.75) is 76.9 Å². The third-order valence-electron chi connectivity index (χ3n) is 9.37. The number of benzene rings is 2. The summed E-state index contributed by atoms with van der Waals surface area (Å²) in [5, 5.41) is 22.1. The molecule has 3 unspecified atom stereocenters. The minimum absolute atomic E-state index is 0.0557. The first kappa shape index (κ1) is 38.2. The maximum absolute atomic E-state index is 12.6. The third kappa shape index (κ3) is 10.1. The fourth-order valence-electron chi connectivity index (χ4n) is 6.35. The monoisotopic (exact) mass is 669 g/mol. The van der Waals surface area contributed by atoms with Crippen molar-refractivity contribution in [1.29, 1.82) is 5.26 Å². The first-order valence-electron chi connectivity index (χ1n) is 16.5. The summed E-state index contributed by atoms with van der Waals surface area (Å²) in [6.45, 7) is 7.64. The summed E-state index contributed by atoms with van der Waals surface area (Å²) in [5.41, 5.74) is 4.19. The molecular formula is C35H51N5O8. The number of carbonyl (C=O) groups excluding carboxylic acids is 1. The maximum atomic E-state index is 12.6. The van der Waals surface area contributed by atoms with Gasteiger partial charge in [0.1, 0.15) is 6.10 Å². The van der Waals surface area contributed by atoms with Gasteiger partial charge in [-0.1, -0.05) is 25.5 Å². The lowest BCUT2D eigenvalue weighted by Crippen LogP contribution is -2.49. The number of amides is 1. The van der Waals surface area contributed by atoms with Crippen LogP contribution in [0.25, 0.3) is 0 Å². The van der Waals surface area contributed by atoms with Crippen molar-refractivity contribution in [3.63, 3.8) is 0 Å². The molecular weight excluding hydrogens is 618 g/mol. The largest absolute Gasteiger partial charge is 0.493 e. The van der Waals surface area contributed by atoms with Gasteiger partial charge in [0, 0.05) is 19.1 Å². The minimum Gasteiger partial charge on any atom is -0.493 e. The van der Waals surface area contributed by atoms with E-state index in [2.05, 4.69) is 42.1 Å². The number of rotatable bonds is 19. The highest BCUT2D eigenvalue weighted by Gasteiger charge is 2.32. The van der Waals surface area contributed by atoms with Crippen molar-refractivity contribution in [3.8, 4) is 29.1 Å². The standard InChI is InChI=1S/C35H51N5O8/c1-8-16-35(24-36,29-11-13-30(44-5)33(22-29)46-7)17-9-18-38(4)25(2)28-10-12-31(32(21-28)45-6)47-23-34(41)37-39-19-14-27(15-20-39)26(3)48-40(42)43/h10-13,21-22,25-27H,8-9,14-20,23H2,1-7H3,(H,37,41).